The smallest absolute Gasteiger partial charge is 0.225 e. The van der Waals surface area contributed by atoms with Gasteiger partial charge in [-0.3, -0.25) is 4.79 Å². The highest BCUT2D eigenvalue weighted by atomic mass is 35.5. The molecule has 1 saturated heterocycles. The summed E-state index contributed by atoms with van der Waals surface area (Å²) >= 11 is 5.89. The van der Waals surface area contributed by atoms with E-state index in [1.54, 1.807) is 0 Å². The van der Waals surface area contributed by atoms with Crippen molar-refractivity contribution < 1.29 is 4.79 Å². The minimum Gasteiger partial charge on any atom is -0.368 e. The van der Waals surface area contributed by atoms with Gasteiger partial charge in [-0.15, -0.1) is 0 Å². The first-order chi connectivity index (χ1) is 9.11. The van der Waals surface area contributed by atoms with E-state index >= 15 is 0 Å². The summed E-state index contributed by atoms with van der Waals surface area (Å²) in [4.78, 5) is 16.4. The number of benzene rings is 1. The molecule has 1 unspecified atom stereocenters. The highest BCUT2D eigenvalue weighted by molar-refractivity contribution is 6.30. The van der Waals surface area contributed by atoms with Crippen LogP contribution in [0.3, 0.4) is 0 Å². The fourth-order valence-electron chi connectivity index (χ4n) is 2.32. The van der Waals surface area contributed by atoms with Gasteiger partial charge in [-0.25, -0.2) is 0 Å². The van der Waals surface area contributed by atoms with Crippen LogP contribution in [-0.2, 0) is 4.79 Å². The van der Waals surface area contributed by atoms with Gasteiger partial charge in [-0.1, -0.05) is 25.4 Å². The maximum atomic E-state index is 12.1. The van der Waals surface area contributed by atoms with Crippen LogP contribution in [0.2, 0.25) is 5.02 Å². The van der Waals surface area contributed by atoms with Crippen LogP contribution < -0.4 is 4.90 Å². The van der Waals surface area contributed by atoms with Crippen molar-refractivity contribution in [1.29, 1.82) is 0 Å². The van der Waals surface area contributed by atoms with Crippen molar-refractivity contribution in [3.63, 3.8) is 0 Å². The fourth-order valence-corrected chi connectivity index (χ4v) is 2.45. The maximum absolute atomic E-state index is 12.1. The standard InChI is InChI=1S/C15H21ClN2O/c1-3-12(2)15(19)18-10-8-17(9-11-18)14-6-4-13(16)5-7-14/h4-7,12H,3,8-11H2,1-2H3. The summed E-state index contributed by atoms with van der Waals surface area (Å²) in [5.74, 6) is 0.431. The maximum Gasteiger partial charge on any atom is 0.225 e. The molecule has 1 fully saturated rings. The fraction of sp³-hybridized carbons (Fsp3) is 0.533. The Morgan fingerprint density at radius 1 is 1.21 bits per heavy atom. The van der Waals surface area contributed by atoms with Crippen LogP contribution in [0.25, 0.3) is 0 Å². The van der Waals surface area contributed by atoms with Crippen molar-refractivity contribution in [2.75, 3.05) is 31.1 Å². The van der Waals surface area contributed by atoms with Gasteiger partial charge in [0.25, 0.3) is 0 Å². The van der Waals surface area contributed by atoms with E-state index in [1.807, 2.05) is 36.1 Å². The van der Waals surface area contributed by atoms with E-state index in [2.05, 4.69) is 11.8 Å². The molecule has 0 N–H and O–H groups in total. The van der Waals surface area contributed by atoms with Crippen molar-refractivity contribution >= 4 is 23.2 Å². The first-order valence-corrected chi connectivity index (χ1v) is 7.29. The third-order valence-electron chi connectivity index (χ3n) is 3.82. The van der Waals surface area contributed by atoms with E-state index < -0.39 is 0 Å². The molecule has 1 amide bonds. The molecular formula is C15H21ClN2O. The number of amides is 1. The van der Waals surface area contributed by atoms with Crippen LogP contribution in [0, 0.1) is 5.92 Å². The molecule has 0 aliphatic carbocycles. The number of hydrogen-bond acceptors (Lipinski definition) is 2. The number of carbonyl (C=O) groups excluding carboxylic acids is 1. The van der Waals surface area contributed by atoms with Crippen LogP contribution in [0.15, 0.2) is 24.3 Å². The summed E-state index contributed by atoms with van der Waals surface area (Å²) in [6.07, 6.45) is 0.913. The van der Waals surface area contributed by atoms with Crippen LogP contribution >= 0.6 is 11.6 Å². The zero-order chi connectivity index (χ0) is 13.8. The molecule has 1 aliphatic heterocycles. The molecule has 19 heavy (non-hydrogen) atoms. The van der Waals surface area contributed by atoms with E-state index in [1.165, 1.54) is 5.69 Å². The molecule has 1 heterocycles. The van der Waals surface area contributed by atoms with Crippen molar-refractivity contribution in [3.8, 4) is 0 Å². The molecule has 0 radical (unpaired) electrons. The molecule has 1 aromatic carbocycles. The molecule has 0 aromatic heterocycles. The molecule has 0 spiro atoms. The van der Waals surface area contributed by atoms with Gasteiger partial charge in [0.05, 0.1) is 0 Å². The second-order valence-electron chi connectivity index (χ2n) is 5.10. The van der Waals surface area contributed by atoms with Gasteiger partial charge >= 0.3 is 0 Å². The van der Waals surface area contributed by atoms with Gasteiger partial charge in [-0.2, -0.15) is 0 Å². The van der Waals surface area contributed by atoms with Crippen molar-refractivity contribution in [2.24, 2.45) is 5.92 Å². The van der Waals surface area contributed by atoms with Gasteiger partial charge in [0.1, 0.15) is 0 Å². The lowest BCUT2D eigenvalue weighted by Crippen LogP contribution is -2.50. The number of piperazine rings is 1. The van der Waals surface area contributed by atoms with E-state index in [0.717, 1.165) is 37.6 Å². The molecule has 3 nitrogen and oxygen atoms in total. The summed E-state index contributed by atoms with van der Waals surface area (Å²) in [7, 11) is 0. The first kappa shape index (κ1) is 14.2. The Morgan fingerprint density at radius 3 is 2.32 bits per heavy atom. The van der Waals surface area contributed by atoms with Crippen LogP contribution in [-0.4, -0.2) is 37.0 Å². The summed E-state index contributed by atoms with van der Waals surface area (Å²) in [6, 6.07) is 7.89. The topological polar surface area (TPSA) is 23.6 Å². The minimum atomic E-state index is 0.141. The van der Waals surface area contributed by atoms with Crippen molar-refractivity contribution in [1.82, 2.24) is 4.90 Å². The molecule has 4 heteroatoms. The summed E-state index contributed by atoms with van der Waals surface area (Å²) in [5.41, 5.74) is 1.18. The Labute approximate surface area is 120 Å². The molecular weight excluding hydrogens is 260 g/mol. The van der Waals surface area contributed by atoms with Crippen LogP contribution in [0.4, 0.5) is 5.69 Å². The minimum absolute atomic E-state index is 0.141. The van der Waals surface area contributed by atoms with Crippen molar-refractivity contribution in [2.45, 2.75) is 20.3 Å². The van der Waals surface area contributed by atoms with Crippen LogP contribution in [0.1, 0.15) is 20.3 Å². The van der Waals surface area contributed by atoms with E-state index in [0.29, 0.717) is 5.91 Å². The lowest BCUT2D eigenvalue weighted by molar-refractivity contribution is -0.135. The van der Waals surface area contributed by atoms with Gasteiger partial charge in [-0.05, 0) is 30.7 Å². The predicted molar refractivity (Wildman–Crippen MR) is 79.7 cm³/mol. The first-order valence-electron chi connectivity index (χ1n) is 6.91. The van der Waals surface area contributed by atoms with Gasteiger partial charge < -0.3 is 9.80 Å². The second kappa shape index (κ2) is 6.29. The molecule has 1 aliphatic rings. The van der Waals surface area contributed by atoms with E-state index in [9.17, 15) is 4.79 Å². The molecule has 0 saturated carbocycles. The quantitative estimate of drug-likeness (QED) is 0.850. The number of nitrogens with zero attached hydrogens (tertiary/aromatic N) is 2. The van der Waals surface area contributed by atoms with Gasteiger partial charge in [0.2, 0.25) is 5.91 Å². The lowest BCUT2D eigenvalue weighted by atomic mass is 10.1. The Kier molecular flexibility index (Phi) is 4.70. The van der Waals surface area contributed by atoms with Gasteiger partial charge in [0, 0.05) is 42.8 Å². The number of anilines is 1. The Bertz CT molecular complexity index is 424. The number of halogens is 1. The molecule has 2 rings (SSSR count). The zero-order valence-electron chi connectivity index (χ0n) is 11.6. The Morgan fingerprint density at radius 2 is 1.79 bits per heavy atom. The average molecular weight is 281 g/mol. The summed E-state index contributed by atoms with van der Waals surface area (Å²) in [5, 5.41) is 0.759. The molecule has 1 aromatic rings. The van der Waals surface area contributed by atoms with E-state index in [-0.39, 0.29) is 5.92 Å². The third kappa shape index (κ3) is 3.41. The molecule has 0 bridgehead atoms. The monoisotopic (exact) mass is 280 g/mol. The number of carbonyl (C=O) groups is 1. The normalized spacial score (nSPS) is 17.4. The highest BCUT2D eigenvalue weighted by Crippen LogP contribution is 2.20. The number of hydrogen-bond donors (Lipinski definition) is 0. The summed E-state index contributed by atoms with van der Waals surface area (Å²) in [6.45, 7) is 7.48. The molecule has 1 atom stereocenters. The van der Waals surface area contributed by atoms with Crippen molar-refractivity contribution in [3.05, 3.63) is 29.3 Å². The molecule has 104 valence electrons. The number of rotatable bonds is 3. The Balaban J connectivity index is 1.92. The SMILES string of the molecule is CCC(C)C(=O)N1CCN(c2ccc(Cl)cc2)CC1. The van der Waals surface area contributed by atoms with E-state index in [4.69, 9.17) is 11.6 Å². The largest absolute Gasteiger partial charge is 0.368 e. The summed E-state index contributed by atoms with van der Waals surface area (Å²) < 4.78 is 0. The van der Waals surface area contributed by atoms with Gasteiger partial charge in [0.15, 0.2) is 0 Å². The second-order valence-corrected chi connectivity index (χ2v) is 5.53. The zero-order valence-corrected chi connectivity index (χ0v) is 12.4. The lowest BCUT2D eigenvalue weighted by Gasteiger charge is -2.37. The van der Waals surface area contributed by atoms with Crippen LogP contribution in [0.5, 0.6) is 0 Å². The Hall–Kier alpha value is -1.22. The average Bonchev–Trinajstić information content (AvgIpc) is 2.46. The predicted octanol–water partition coefficient (Wildman–Crippen LogP) is 3.03. The highest BCUT2D eigenvalue weighted by Gasteiger charge is 2.23. The third-order valence-corrected chi connectivity index (χ3v) is 4.07.